The van der Waals surface area contributed by atoms with Gasteiger partial charge in [-0.3, -0.25) is 4.79 Å². The molecule has 0 radical (unpaired) electrons. The summed E-state index contributed by atoms with van der Waals surface area (Å²) in [5.74, 6) is 0.602. The molecule has 0 bridgehead atoms. The Morgan fingerprint density at radius 2 is 1.79 bits per heavy atom. The van der Waals surface area contributed by atoms with Crippen molar-refractivity contribution < 1.29 is 24.5 Å². The minimum absolute atomic E-state index is 0.0509. The Balaban J connectivity index is 1.82. The topological polar surface area (TPSA) is 79.2 Å². The standard InChI is InChI=1S/C23H29NO5/c1-28-21-15-24(23(27)18-11-3-2-4-12-18)14-8-7-10-17-9-5-6-13-20(17)29-16-19(25)22(21)26/h2-6,9,11-13,19,21-22,25-26H,7-8,10,14-16H2,1H3/t19-,21+,22-/m1/s1. The van der Waals surface area contributed by atoms with E-state index in [1.807, 2.05) is 42.5 Å². The number of amides is 1. The molecule has 2 N–H and O–H groups in total. The summed E-state index contributed by atoms with van der Waals surface area (Å²) in [7, 11) is 1.47. The van der Waals surface area contributed by atoms with Crippen LogP contribution in [0.2, 0.25) is 0 Å². The minimum atomic E-state index is -1.18. The maximum absolute atomic E-state index is 13.0. The molecular formula is C23H29NO5. The quantitative estimate of drug-likeness (QED) is 0.810. The van der Waals surface area contributed by atoms with Gasteiger partial charge in [-0.2, -0.15) is 0 Å². The van der Waals surface area contributed by atoms with Crippen LogP contribution in [0, 0.1) is 0 Å². The summed E-state index contributed by atoms with van der Waals surface area (Å²) in [5.41, 5.74) is 1.65. The molecule has 29 heavy (non-hydrogen) atoms. The van der Waals surface area contributed by atoms with Gasteiger partial charge in [-0.1, -0.05) is 36.4 Å². The predicted octanol–water partition coefficient (Wildman–Crippen LogP) is 2.28. The number of methoxy groups -OCH3 is 1. The van der Waals surface area contributed by atoms with Crippen LogP contribution in [-0.2, 0) is 11.2 Å². The normalized spacial score (nSPS) is 23.7. The van der Waals surface area contributed by atoms with Crippen LogP contribution in [-0.4, -0.2) is 66.1 Å². The average Bonchev–Trinajstić information content (AvgIpc) is 2.77. The first kappa shape index (κ1) is 21.3. The number of hydrogen-bond donors (Lipinski definition) is 2. The Morgan fingerprint density at radius 1 is 1.07 bits per heavy atom. The van der Waals surface area contributed by atoms with Gasteiger partial charge in [-0.15, -0.1) is 0 Å². The van der Waals surface area contributed by atoms with E-state index < -0.39 is 18.3 Å². The van der Waals surface area contributed by atoms with Crippen molar-refractivity contribution >= 4 is 5.91 Å². The lowest BCUT2D eigenvalue weighted by Crippen LogP contribution is -2.49. The molecule has 0 fully saturated rings. The van der Waals surface area contributed by atoms with Gasteiger partial charge in [0.1, 0.15) is 30.7 Å². The third-order valence-corrected chi connectivity index (χ3v) is 5.29. The molecule has 0 unspecified atom stereocenters. The molecule has 0 aromatic heterocycles. The van der Waals surface area contributed by atoms with Crippen molar-refractivity contribution in [2.24, 2.45) is 0 Å². The van der Waals surface area contributed by atoms with Crippen LogP contribution in [0.25, 0.3) is 0 Å². The van der Waals surface area contributed by atoms with E-state index in [1.165, 1.54) is 7.11 Å². The van der Waals surface area contributed by atoms with Gasteiger partial charge in [0.15, 0.2) is 0 Å². The van der Waals surface area contributed by atoms with Crippen molar-refractivity contribution in [2.75, 3.05) is 26.8 Å². The molecule has 6 nitrogen and oxygen atoms in total. The molecule has 3 rings (SSSR count). The summed E-state index contributed by atoms with van der Waals surface area (Å²) in [4.78, 5) is 14.7. The molecule has 2 aromatic rings. The molecular weight excluding hydrogens is 370 g/mol. The second kappa shape index (κ2) is 10.4. The van der Waals surface area contributed by atoms with Crippen LogP contribution < -0.4 is 4.74 Å². The van der Waals surface area contributed by atoms with Gasteiger partial charge in [0.2, 0.25) is 0 Å². The summed E-state index contributed by atoms with van der Waals surface area (Å²) in [6.07, 6.45) is -0.529. The summed E-state index contributed by atoms with van der Waals surface area (Å²) in [6, 6.07) is 16.8. The number of benzene rings is 2. The molecule has 1 aliphatic heterocycles. The number of carbonyl (C=O) groups is 1. The molecule has 0 saturated carbocycles. The zero-order chi connectivity index (χ0) is 20.6. The zero-order valence-electron chi connectivity index (χ0n) is 16.7. The van der Waals surface area contributed by atoms with E-state index in [0.29, 0.717) is 17.9 Å². The van der Waals surface area contributed by atoms with Crippen LogP contribution in [0.1, 0.15) is 28.8 Å². The number of aliphatic hydroxyl groups excluding tert-OH is 2. The Kier molecular flexibility index (Phi) is 7.63. The fourth-order valence-corrected chi connectivity index (χ4v) is 3.57. The van der Waals surface area contributed by atoms with Gasteiger partial charge >= 0.3 is 0 Å². The third-order valence-electron chi connectivity index (χ3n) is 5.29. The smallest absolute Gasteiger partial charge is 0.253 e. The van der Waals surface area contributed by atoms with E-state index in [0.717, 1.165) is 24.8 Å². The third kappa shape index (κ3) is 5.56. The lowest BCUT2D eigenvalue weighted by Gasteiger charge is -2.31. The van der Waals surface area contributed by atoms with Gasteiger partial charge in [-0.25, -0.2) is 0 Å². The fourth-order valence-electron chi connectivity index (χ4n) is 3.57. The highest BCUT2D eigenvalue weighted by Gasteiger charge is 2.30. The van der Waals surface area contributed by atoms with Gasteiger partial charge in [0, 0.05) is 25.8 Å². The molecule has 0 spiro atoms. The van der Waals surface area contributed by atoms with E-state index in [2.05, 4.69) is 0 Å². The maximum Gasteiger partial charge on any atom is 0.253 e. The van der Waals surface area contributed by atoms with Crippen LogP contribution in [0.3, 0.4) is 0 Å². The highest BCUT2D eigenvalue weighted by atomic mass is 16.5. The van der Waals surface area contributed by atoms with Crippen LogP contribution in [0.4, 0.5) is 0 Å². The first-order chi connectivity index (χ1) is 14.1. The van der Waals surface area contributed by atoms with Crippen molar-refractivity contribution in [2.45, 2.75) is 37.6 Å². The minimum Gasteiger partial charge on any atom is -0.491 e. The van der Waals surface area contributed by atoms with Gasteiger partial charge in [0.05, 0.1) is 0 Å². The van der Waals surface area contributed by atoms with Crippen LogP contribution in [0.5, 0.6) is 5.75 Å². The number of aryl methyl sites for hydroxylation is 1. The van der Waals surface area contributed by atoms with Gasteiger partial charge < -0.3 is 24.6 Å². The van der Waals surface area contributed by atoms with Crippen molar-refractivity contribution in [1.29, 1.82) is 0 Å². The Hall–Kier alpha value is -2.41. The second-order valence-corrected chi connectivity index (χ2v) is 7.33. The lowest BCUT2D eigenvalue weighted by atomic mass is 10.1. The molecule has 1 heterocycles. The SMILES string of the molecule is CO[C@H]1CN(C(=O)c2ccccc2)CCCCc2ccccc2OC[C@@H](O)[C@H]1O. The Labute approximate surface area is 171 Å². The summed E-state index contributed by atoms with van der Waals surface area (Å²) >= 11 is 0. The molecule has 0 saturated heterocycles. The van der Waals surface area contributed by atoms with E-state index >= 15 is 0 Å². The first-order valence-electron chi connectivity index (χ1n) is 10.0. The highest BCUT2D eigenvalue weighted by molar-refractivity contribution is 5.94. The van der Waals surface area contributed by atoms with E-state index in [1.54, 1.807) is 17.0 Å². The van der Waals surface area contributed by atoms with Crippen molar-refractivity contribution in [3.05, 3.63) is 65.7 Å². The van der Waals surface area contributed by atoms with Crippen molar-refractivity contribution in [3.63, 3.8) is 0 Å². The number of hydrogen-bond acceptors (Lipinski definition) is 5. The largest absolute Gasteiger partial charge is 0.491 e. The van der Waals surface area contributed by atoms with E-state index in [9.17, 15) is 15.0 Å². The van der Waals surface area contributed by atoms with Gasteiger partial charge in [0.25, 0.3) is 5.91 Å². The second-order valence-electron chi connectivity index (χ2n) is 7.33. The number of rotatable bonds is 2. The van der Waals surface area contributed by atoms with Gasteiger partial charge in [-0.05, 0) is 43.0 Å². The Morgan fingerprint density at radius 3 is 2.55 bits per heavy atom. The number of fused-ring (bicyclic) bond motifs is 1. The van der Waals surface area contributed by atoms with Crippen molar-refractivity contribution in [1.82, 2.24) is 4.90 Å². The zero-order valence-corrected chi connectivity index (χ0v) is 16.7. The molecule has 2 aromatic carbocycles. The number of aliphatic hydroxyl groups is 2. The fraction of sp³-hybridized carbons (Fsp3) is 0.435. The maximum atomic E-state index is 13.0. The average molecular weight is 399 g/mol. The lowest BCUT2D eigenvalue weighted by molar-refractivity contribution is -0.0925. The molecule has 0 aliphatic carbocycles. The van der Waals surface area contributed by atoms with Crippen LogP contribution >= 0.6 is 0 Å². The number of ether oxygens (including phenoxy) is 2. The summed E-state index contributed by atoms with van der Waals surface area (Å²) in [6.45, 7) is 0.680. The number of carbonyl (C=O) groups excluding carboxylic acids is 1. The predicted molar refractivity (Wildman–Crippen MR) is 110 cm³/mol. The number of para-hydroxylation sites is 1. The molecule has 156 valence electrons. The highest BCUT2D eigenvalue weighted by Crippen LogP contribution is 2.22. The number of nitrogens with zero attached hydrogens (tertiary/aromatic N) is 1. The molecule has 1 amide bonds. The van der Waals surface area contributed by atoms with E-state index in [4.69, 9.17) is 9.47 Å². The molecule has 6 heteroatoms. The first-order valence-corrected chi connectivity index (χ1v) is 10.0. The summed E-state index contributed by atoms with van der Waals surface area (Å²) in [5, 5.41) is 21.1. The van der Waals surface area contributed by atoms with E-state index in [-0.39, 0.29) is 19.1 Å². The van der Waals surface area contributed by atoms with Crippen molar-refractivity contribution in [3.8, 4) is 5.75 Å². The van der Waals surface area contributed by atoms with Crippen LogP contribution in [0.15, 0.2) is 54.6 Å². The Bertz CT molecular complexity index is 782. The monoisotopic (exact) mass is 399 g/mol. The molecule has 1 aliphatic rings. The summed E-state index contributed by atoms with van der Waals surface area (Å²) < 4.78 is 11.2. The molecule has 3 atom stereocenters.